The molecule has 0 amide bonds. The van der Waals surface area contributed by atoms with Gasteiger partial charge in [0.1, 0.15) is 18.0 Å². The van der Waals surface area contributed by atoms with Gasteiger partial charge in [0.15, 0.2) is 12.2 Å². The van der Waals surface area contributed by atoms with Gasteiger partial charge in [-0.25, -0.2) is 14.4 Å². The van der Waals surface area contributed by atoms with Crippen LogP contribution in [0.1, 0.15) is 0 Å². The fraction of sp³-hybridized carbons (Fsp3) is 0.400. The molecule has 0 aromatic rings. The van der Waals surface area contributed by atoms with Crippen LogP contribution in [0.3, 0.4) is 0 Å². The van der Waals surface area contributed by atoms with Crippen LogP contribution in [0, 0.1) is 0 Å². The second-order valence-electron chi connectivity index (χ2n) is 5.04. The van der Waals surface area contributed by atoms with Crippen LogP contribution < -0.4 is 0 Å². The number of rotatable bonds is 6. The van der Waals surface area contributed by atoms with Crippen LogP contribution in [0.15, 0.2) is 36.6 Å². The lowest BCUT2D eigenvalue weighted by Gasteiger charge is -2.16. The Morgan fingerprint density at radius 1 is 0.875 bits per heavy atom. The molecule has 2 N–H and O–H groups in total. The van der Waals surface area contributed by atoms with Crippen molar-refractivity contribution in [1.29, 1.82) is 0 Å². The largest absolute Gasteiger partial charge is 0.509 e. The third-order valence-electron chi connectivity index (χ3n) is 3.27. The average Bonchev–Trinajstić information content (AvgIpc) is 3.07. The first-order chi connectivity index (χ1) is 11.4. The Hall–Kier alpha value is -2.65. The molecule has 0 aromatic heterocycles. The highest BCUT2D eigenvalue weighted by Gasteiger charge is 2.50. The summed E-state index contributed by atoms with van der Waals surface area (Å²) in [6.07, 6.45) is 0.937. The Bertz CT molecular complexity index is 540. The van der Waals surface area contributed by atoms with E-state index >= 15 is 0 Å². The number of esters is 2. The number of carboxylic acid groups (broad SMARTS) is 1. The molecule has 2 fully saturated rings. The Labute approximate surface area is 136 Å². The molecule has 9 heteroatoms. The minimum absolute atomic E-state index is 0.0410. The van der Waals surface area contributed by atoms with Crippen molar-refractivity contribution < 1.29 is 43.5 Å². The van der Waals surface area contributed by atoms with Crippen molar-refractivity contribution in [3.05, 3.63) is 36.6 Å². The van der Waals surface area contributed by atoms with E-state index < -0.39 is 42.3 Å². The number of carboxylic acids is 1. The molecule has 0 saturated carbocycles. The predicted octanol–water partition coefficient (Wildman–Crippen LogP) is -0.124. The number of carbonyl (C=O) groups excluding carboxylic acids is 2. The van der Waals surface area contributed by atoms with Crippen LogP contribution in [0.2, 0.25) is 0 Å². The first-order valence-electron chi connectivity index (χ1n) is 6.98. The van der Waals surface area contributed by atoms with Gasteiger partial charge >= 0.3 is 17.9 Å². The molecule has 0 bridgehead atoms. The normalized spacial score (nSPS) is 28.8. The van der Waals surface area contributed by atoms with E-state index in [4.69, 9.17) is 29.2 Å². The van der Waals surface area contributed by atoms with Crippen molar-refractivity contribution >= 4 is 17.9 Å². The molecule has 2 aliphatic rings. The molecule has 2 rings (SSSR count). The number of carbonyl (C=O) groups is 3. The van der Waals surface area contributed by atoms with Crippen LogP contribution in [-0.4, -0.2) is 65.8 Å². The van der Waals surface area contributed by atoms with E-state index in [-0.39, 0.29) is 19.0 Å². The molecule has 9 nitrogen and oxygen atoms in total. The number of fused-ring (bicyclic) bond motifs is 1. The van der Waals surface area contributed by atoms with Crippen molar-refractivity contribution in [2.45, 2.75) is 24.4 Å². The molecule has 130 valence electrons. The van der Waals surface area contributed by atoms with Gasteiger partial charge in [0.25, 0.3) is 0 Å². The monoisotopic (exact) mass is 340 g/mol. The van der Waals surface area contributed by atoms with Crippen molar-refractivity contribution in [3.8, 4) is 0 Å². The highest BCUT2D eigenvalue weighted by molar-refractivity contribution is 5.90. The zero-order chi connectivity index (χ0) is 17.7. The first kappa shape index (κ1) is 17.7. The number of aliphatic hydroxyl groups is 1. The number of hydrogen-bond donors (Lipinski definition) is 2. The molecule has 2 saturated heterocycles. The summed E-state index contributed by atoms with van der Waals surface area (Å²) in [5, 5.41) is 17.3. The van der Waals surface area contributed by atoms with Gasteiger partial charge in [-0.1, -0.05) is 6.58 Å². The summed E-state index contributed by atoms with van der Waals surface area (Å²) in [6, 6.07) is 0. The van der Waals surface area contributed by atoms with Gasteiger partial charge in [-0.05, 0) is 6.08 Å². The van der Waals surface area contributed by atoms with E-state index in [1.807, 2.05) is 0 Å². The minimum atomic E-state index is -1.27. The van der Waals surface area contributed by atoms with E-state index in [1.165, 1.54) is 0 Å². The second-order valence-corrected chi connectivity index (χ2v) is 5.04. The summed E-state index contributed by atoms with van der Waals surface area (Å²) in [6.45, 7) is 3.30. The lowest BCUT2D eigenvalue weighted by Crippen LogP contribution is -2.35. The molecular formula is C15H16O9. The van der Waals surface area contributed by atoms with Crippen LogP contribution in [0.25, 0.3) is 0 Å². The number of aliphatic carboxylic acids is 1. The van der Waals surface area contributed by atoms with Crippen LogP contribution in [0.4, 0.5) is 0 Å². The van der Waals surface area contributed by atoms with Crippen LogP contribution in [-0.2, 0) is 33.3 Å². The molecule has 0 unspecified atom stereocenters. The number of ether oxygens (including phenoxy) is 4. The van der Waals surface area contributed by atoms with Crippen LogP contribution in [0.5, 0.6) is 0 Å². The molecule has 2 aliphatic heterocycles. The van der Waals surface area contributed by atoms with Crippen LogP contribution >= 0.6 is 0 Å². The van der Waals surface area contributed by atoms with E-state index in [9.17, 15) is 14.4 Å². The third-order valence-corrected chi connectivity index (χ3v) is 3.27. The summed E-state index contributed by atoms with van der Waals surface area (Å²) in [5.41, 5.74) is 0. The van der Waals surface area contributed by atoms with Crippen molar-refractivity contribution in [1.82, 2.24) is 0 Å². The van der Waals surface area contributed by atoms with Crippen molar-refractivity contribution in [3.63, 3.8) is 0 Å². The van der Waals surface area contributed by atoms with Gasteiger partial charge in [0, 0.05) is 18.2 Å². The predicted molar refractivity (Wildman–Crippen MR) is 76.9 cm³/mol. The first-order valence-corrected chi connectivity index (χ1v) is 6.98. The molecule has 0 spiro atoms. The van der Waals surface area contributed by atoms with Gasteiger partial charge in [0.2, 0.25) is 0 Å². The van der Waals surface area contributed by atoms with Gasteiger partial charge < -0.3 is 29.2 Å². The summed E-state index contributed by atoms with van der Waals surface area (Å²) in [4.78, 5) is 33.4. The third kappa shape index (κ3) is 4.67. The zero-order valence-electron chi connectivity index (χ0n) is 12.5. The topological polar surface area (TPSA) is 129 Å². The molecule has 4 atom stereocenters. The lowest BCUT2D eigenvalue weighted by molar-refractivity contribution is -0.149. The molecule has 0 aromatic carbocycles. The Kier molecular flexibility index (Phi) is 5.72. The maximum atomic E-state index is 11.6. The van der Waals surface area contributed by atoms with Crippen molar-refractivity contribution in [2.24, 2.45) is 0 Å². The highest BCUT2D eigenvalue weighted by Crippen LogP contribution is 2.30. The van der Waals surface area contributed by atoms with E-state index in [1.54, 1.807) is 0 Å². The van der Waals surface area contributed by atoms with Gasteiger partial charge in [-0.3, -0.25) is 0 Å². The summed E-state index contributed by atoms with van der Waals surface area (Å²) < 4.78 is 21.1. The SMILES string of the molecule is C=C(O)C=CC(=O)O[C@@H]1CO[C@H]2[C@@H]1OC[C@H]2OC(=O)C=CC(=O)O. The number of allylic oxidation sites excluding steroid dienone is 1. The number of hydrogen-bond acceptors (Lipinski definition) is 8. The minimum Gasteiger partial charge on any atom is -0.509 e. The van der Waals surface area contributed by atoms with E-state index in [0.29, 0.717) is 6.08 Å². The summed E-state index contributed by atoms with van der Waals surface area (Å²) >= 11 is 0. The lowest BCUT2D eigenvalue weighted by atomic mass is 10.1. The van der Waals surface area contributed by atoms with Gasteiger partial charge in [-0.2, -0.15) is 0 Å². The van der Waals surface area contributed by atoms with Gasteiger partial charge in [-0.15, -0.1) is 0 Å². The maximum absolute atomic E-state index is 11.6. The molecule has 24 heavy (non-hydrogen) atoms. The molecular weight excluding hydrogens is 324 g/mol. The molecule has 0 aliphatic carbocycles. The maximum Gasteiger partial charge on any atom is 0.331 e. The molecule has 0 radical (unpaired) electrons. The Morgan fingerprint density at radius 2 is 1.33 bits per heavy atom. The second kappa shape index (κ2) is 7.75. The average molecular weight is 340 g/mol. The fourth-order valence-corrected chi connectivity index (χ4v) is 2.31. The Balaban J connectivity index is 1.87. The zero-order valence-corrected chi connectivity index (χ0v) is 12.5. The summed E-state index contributed by atoms with van der Waals surface area (Å²) in [5.74, 6) is -3.09. The highest BCUT2D eigenvalue weighted by atomic mass is 16.7. The smallest absolute Gasteiger partial charge is 0.331 e. The summed E-state index contributed by atoms with van der Waals surface area (Å²) in [7, 11) is 0. The fourth-order valence-electron chi connectivity index (χ4n) is 2.31. The van der Waals surface area contributed by atoms with Crippen molar-refractivity contribution in [2.75, 3.05) is 13.2 Å². The number of aliphatic hydroxyl groups excluding tert-OH is 1. The quantitative estimate of drug-likeness (QED) is 0.294. The van der Waals surface area contributed by atoms with Gasteiger partial charge in [0.05, 0.1) is 13.2 Å². The molecule has 2 heterocycles. The van der Waals surface area contributed by atoms with E-state index in [0.717, 1.165) is 18.2 Å². The van der Waals surface area contributed by atoms with E-state index in [2.05, 4.69) is 6.58 Å². The standard InChI is InChI=1S/C15H16O9/c1-8(16)2-4-12(19)23-9-6-21-15-10(7-22-14(9)15)24-13(20)5-3-11(17)18/h2-5,9-10,14-16H,1,6-7H2,(H,17,18)/t9-,10-,14-,15-/m1/s1. The Morgan fingerprint density at radius 3 is 1.75 bits per heavy atom.